The van der Waals surface area contributed by atoms with Crippen molar-refractivity contribution in [2.45, 2.75) is 58.0 Å². The zero-order chi connectivity index (χ0) is 13.9. The Morgan fingerprint density at radius 1 is 1.26 bits per heavy atom. The van der Waals surface area contributed by atoms with Crippen molar-refractivity contribution in [3.8, 4) is 5.88 Å². The van der Waals surface area contributed by atoms with E-state index in [1.54, 1.807) is 0 Å². The summed E-state index contributed by atoms with van der Waals surface area (Å²) in [5.74, 6) is 1.22. The summed E-state index contributed by atoms with van der Waals surface area (Å²) in [5.41, 5.74) is 7.20. The minimum absolute atomic E-state index is 0.135. The average Bonchev–Trinajstić information content (AvgIpc) is 2.39. The molecule has 1 aromatic rings. The minimum atomic E-state index is 0.135. The van der Waals surface area contributed by atoms with Crippen LogP contribution in [-0.2, 0) is 5.41 Å². The summed E-state index contributed by atoms with van der Waals surface area (Å²) in [4.78, 5) is 4.44. The Bertz CT molecular complexity index is 394. The molecule has 1 aliphatic carbocycles. The summed E-state index contributed by atoms with van der Waals surface area (Å²) >= 11 is 0. The highest BCUT2D eigenvalue weighted by Gasteiger charge is 2.26. The first-order valence-electron chi connectivity index (χ1n) is 7.34. The van der Waals surface area contributed by atoms with E-state index >= 15 is 0 Å². The molecule has 0 amide bonds. The first-order valence-corrected chi connectivity index (χ1v) is 7.34. The Kier molecular flexibility index (Phi) is 4.46. The van der Waals surface area contributed by atoms with E-state index in [9.17, 15) is 0 Å². The van der Waals surface area contributed by atoms with Crippen LogP contribution in [0.4, 0.5) is 0 Å². The molecule has 1 heterocycles. The van der Waals surface area contributed by atoms with E-state index in [1.807, 2.05) is 12.3 Å². The minimum Gasteiger partial charge on any atom is -0.474 e. The predicted octanol–water partition coefficient (Wildman–Crippen LogP) is 3.28. The average molecular weight is 262 g/mol. The Balaban J connectivity index is 2.02. The molecule has 106 valence electrons. The highest BCUT2D eigenvalue weighted by molar-refractivity contribution is 5.23. The van der Waals surface area contributed by atoms with Crippen LogP contribution in [0.1, 0.15) is 52.0 Å². The molecule has 0 radical (unpaired) electrons. The lowest BCUT2D eigenvalue weighted by Crippen LogP contribution is -2.35. The van der Waals surface area contributed by atoms with Gasteiger partial charge < -0.3 is 10.5 Å². The van der Waals surface area contributed by atoms with Crippen LogP contribution in [0.2, 0.25) is 0 Å². The SMILES string of the molecule is CC(C)(C)c1ccc(OC2CCCCC2CN)nc1. The third-order valence-corrected chi connectivity index (χ3v) is 4.02. The zero-order valence-corrected chi connectivity index (χ0v) is 12.4. The van der Waals surface area contributed by atoms with Gasteiger partial charge in [0.25, 0.3) is 0 Å². The quantitative estimate of drug-likeness (QED) is 0.909. The van der Waals surface area contributed by atoms with Gasteiger partial charge in [-0.1, -0.05) is 33.3 Å². The van der Waals surface area contributed by atoms with Gasteiger partial charge in [-0.2, -0.15) is 0 Å². The molecular formula is C16H26N2O. The van der Waals surface area contributed by atoms with Crippen LogP contribution < -0.4 is 10.5 Å². The van der Waals surface area contributed by atoms with Crippen molar-refractivity contribution >= 4 is 0 Å². The fraction of sp³-hybridized carbons (Fsp3) is 0.688. The molecule has 0 bridgehead atoms. The number of rotatable bonds is 3. The Labute approximate surface area is 116 Å². The van der Waals surface area contributed by atoms with E-state index in [4.69, 9.17) is 10.5 Å². The van der Waals surface area contributed by atoms with Crippen LogP contribution in [0.5, 0.6) is 5.88 Å². The van der Waals surface area contributed by atoms with Gasteiger partial charge in [-0.15, -0.1) is 0 Å². The van der Waals surface area contributed by atoms with Gasteiger partial charge in [0.1, 0.15) is 6.10 Å². The van der Waals surface area contributed by atoms with E-state index in [-0.39, 0.29) is 11.5 Å². The number of hydrogen-bond acceptors (Lipinski definition) is 3. The zero-order valence-electron chi connectivity index (χ0n) is 12.4. The van der Waals surface area contributed by atoms with Crippen molar-refractivity contribution in [3.05, 3.63) is 23.9 Å². The maximum absolute atomic E-state index is 6.04. The van der Waals surface area contributed by atoms with Crippen molar-refractivity contribution < 1.29 is 4.74 Å². The number of nitrogens with two attached hydrogens (primary N) is 1. The first kappa shape index (κ1) is 14.3. The molecule has 0 spiro atoms. The third-order valence-electron chi connectivity index (χ3n) is 4.02. The Morgan fingerprint density at radius 2 is 2.00 bits per heavy atom. The maximum Gasteiger partial charge on any atom is 0.213 e. The van der Waals surface area contributed by atoms with Gasteiger partial charge in [0.2, 0.25) is 5.88 Å². The highest BCUT2D eigenvalue weighted by Crippen LogP contribution is 2.28. The summed E-state index contributed by atoms with van der Waals surface area (Å²) in [6.07, 6.45) is 6.97. The van der Waals surface area contributed by atoms with Crippen molar-refractivity contribution in [2.75, 3.05) is 6.54 Å². The molecule has 2 rings (SSSR count). The number of pyridine rings is 1. The molecular weight excluding hydrogens is 236 g/mol. The summed E-state index contributed by atoms with van der Waals surface area (Å²) in [5, 5.41) is 0. The largest absolute Gasteiger partial charge is 0.474 e. The number of nitrogens with zero attached hydrogens (tertiary/aromatic N) is 1. The lowest BCUT2D eigenvalue weighted by molar-refractivity contribution is 0.0922. The molecule has 0 saturated heterocycles. The molecule has 2 atom stereocenters. The van der Waals surface area contributed by atoms with Crippen LogP contribution in [0.3, 0.4) is 0 Å². The van der Waals surface area contributed by atoms with Crippen LogP contribution >= 0.6 is 0 Å². The Morgan fingerprint density at radius 3 is 2.58 bits per heavy atom. The van der Waals surface area contributed by atoms with Crippen LogP contribution in [-0.4, -0.2) is 17.6 Å². The maximum atomic E-state index is 6.04. The summed E-state index contributed by atoms with van der Waals surface area (Å²) in [7, 11) is 0. The predicted molar refractivity (Wildman–Crippen MR) is 78.4 cm³/mol. The van der Waals surface area contributed by atoms with Gasteiger partial charge in [0.05, 0.1) is 0 Å². The van der Waals surface area contributed by atoms with Gasteiger partial charge >= 0.3 is 0 Å². The molecule has 1 saturated carbocycles. The summed E-state index contributed by atoms with van der Waals surface area (Å²) in [6.45, 7) is 7.28. The molecule has 3 nitrogen and oxygen atoms in total. The van der Waals surface area contributed by atoms with Crippen LogP contribution in [0.25, 0.3) is 0 Å². The van der Waals surface area contributed by atoms with E-state index < -0.39 is 0 Å². The van der Waals surface area contributed by atoms with Gasteiger partial charge in [0, 0.05) is 18.2 Å². The van der Waals surface area contributed by atoms with E-state index in [0.29, 0.717) is 12.5 Å². The second-order valence-corrected chi connectivity index (χ2v) is 6.57. The first-order chi connectivity index (χ1) is 9.00. The molecule has 1 aromatic heterocycles. The van der Waals surface area contributed by atoms with Gasteiger partial charge in [-0.3, -0.25) is 0 Å². The van der Waals surface area contributed by atoms with Gasteiger partial charge in [0.15, 0.2) is 0 Å². The fourth-order valence-electron chi connectivity index (χ4n) is 2.65. The van der Waals surface area contributed by atoms with Crippen LogP contribution in [0, 0.1) is 5.92 Å². The number of ether oxygens (including phenoxy) is 1. The fourth-order valence-corrected chi connectivity index (χ4v) is 2.65. The molecule has 0 aliphatic heterocycles. The smallest absolute Gasteiger partial charge is 0.213 e. The van der Waals surface area contributed by atoms with Crippen LogP contribution in [0.15, 0.2) is 18.3 Å². The summed E-state index contributed by atoms with van der Waals surface area (Å²) < 4.78 is 6.04. The number of hydrogen-bond donors (Lipinski definition) is 1. The molecule has 1 aliphatic rings. The van der Waals surface area contributed by atoms with E-state index in [0.717, 1.165) is 12.3 Å². The normalized spacial score (nSPS) is 24.2. The molecule has 2 unspecified atom stereocenters. The molecule has 19 heavy (non-hydrogen) atoms. The second kappa shape index (κ2) is 5.91. The molecule has 3 heteroatoms. The van der Waals surface area contributed by atoms with E-state index in [2.05, 4.69) is 31.8 Å². The van der Waals surface area contributed by atoms with Gasteiger partial charge in [-0.25, -0.2) is 4.98 Å². The van der Waals surface area contributed by atoms with Gasteiger partial charge in [-0.05, 0) is 36.8 Å². The summed E-state index contributed by atoms with van der Waals surface area (Å²) in [6, 6.07) is 4.10. The van der Waals surface area contributed by atoms with Crippen molar-refractivity contribution in [1.29, 1.82) is 0 Å². The lowest BCUT2D eigenvalue weighted by Gasteiger charge is -2.30. The highest BCUT2D eigenvalue weighted by atomic mass is 16.5. The van der Waals surface area contributed by atoms with E-state index in [1.165, 1.54) is 24.8 Å². The second-order valence-electron chi connectivity index (χ2n) is 6.57. The standard InChI is InChI=1S/C16H26N2O/c1-16(2,3)13-8-9-15(18-11-13)19-14-7-5-4-6-12(14)10-17/h8-9,11-12,14H,4-7,10,17H2,1-3H3. The Hall–Kier alpha value is -1.09. The third kappa shape index (κ3) is 3.69. The molecule has 0 aromatic carbocycles. The lowest BCUT2D eigenvalue weighted by atomic mass is 9.86. The topological polar surface area (TPSA) is 48.1 Å². The van der Waals surface area contributed by atoms with Crippen molar-refractivity contribution in [1.82, 2.24) is 4.98 Å². The molecule has 1 fully saturated rings. The molecule has 2 N–H and O–H groups in total. The number of aromatic nitrogens is 1. The van der Waals surface area contributed by atoms with Crippen molar-refractivity contribution in [2.24, 2.45) is 11.7 Å². The van der Waals surface area contributed by atoms with Crippen molar-refractivity contribution in [3.63, 3.8) is 0 Å². The monoisotopic (exact) mass is 262 g/mol.